The maximum absolute atomic E-state index is 11.7. The van der Waals surface area contributed by atoms with E-state index in [4.69, 9.17) is 9.47 Å². The molecule has 1 aliphatic heterocycles. The average molecular weight is 316 g/mol. The van der Waals surface area contributed by atoms with E-state index in [9.17, 15) is 14.7 Å². The van der Waals surface area contributed by atoms with Gasteiger partial charge in [0.25, 0.3) is 0 Å². The molecule has 1 rings (SSSR count). The largest absolute Gasteiger partial charge is 0.480 e. The van der Waals surface area contributed by atoms with Crippen LogP contribution in [0.15, 0.2) is 0 Å². The summed E-state index contributed by atoms with van der Waals surface area (Å²) in [4.78, 5) is 23.1. The minimum absolute atomic E-state index is 0.255. The second-order valence-electron chi connectivity index (χ2n) is 7.29. The summed E-state index contributed by atoms with van der Waals surface area (Å²) in [6, 6.07) is -0.663. The molecule has 1 saturated heterocycles. The van der Waals surface area contributed by atoms with E-state index in [0.29, 0.717) is 19.6 Å². The number of carboxylic acid groups (broad SMARTS) is 1. The van der Waals surface area contributed by atoms with Gasteiger partial charge in [0.15, 0.2) is 0 Å². The van der Waals surface area contributed by atoms with Crippen LogP contribution in [-0.2, 0) is 14.3 Å². The fourth-order valence-corrected chi connectivity index (χ4v) is 2.20. The summed E-state index contributed by atoms with van der Waals surface area (Å²) in [5.41, 5.74) is -1.11. The van der Waals surface area contributed by atoms with E-state index in [2.05, 4.69) is 10.6 Å². The monoisotopic (exact) mass is 316 g/mol. The van der Waals surface area contributed by atoms with Gasteiger partial charge in [-0.05, 0) is 33.1 Å². The second kappa shape index (κ2) is 7.28. The highest BCUT2D eigenvalue weighted by Gasteiger charge is 2.42. The number of amides is 1. The van der Waals surface area contributed by atoms with Crippen LogP contribution in [0.25, 0.3) is 0 Å². The van der Waals surface area contributed by atoms with Crippen molar-refractivity contribution in [1.29, 1.82) is 0 Å². The molecule has 0 aliphatic carbocycles. The lowest BCUT2D eigenvalue weighted by molar-refractivity contribution is -0.143. The molecule has 22 heavy (non-hydrogen) atoms. The Morgan fingerprint density at radius 2 is 1.91 bits per heavy atom. The molecule has 0 saturated carbocycles. The van der Waals surface area contributed by atoms with Crippen LogP contribution in [0, 0.1) is 5.92 Å². The number of carbonyl (C=O) groups excluding carboxylic acids is 1. The highest BCUT2D eigenvalue weighted by atomic mass is 16.6. The number of alkyl carbamates (subject to hydrolysis) is 1. The molecule has 1 heterocycles. The first-order valence-electron chi connectivity index (χ1n) is 7.58. The van der Waals surface area contributed by atoms with Crippen molar-refractivity contribution in [2.75, 3.05) is 19.8 Å². The Morgan fingerprint density at radius 3 is 2.27 bits per heavy atom. The van der Waals surface area contributed by atoms with Crippen molar-refractivity contribution in [3.8, 4) is 0 Å². The molecule has 0 radical (unpaired) electrons. The molecule has 7 nitrogen and oxygen atoms in total. The Hall–Kier alpha value is -1.34. The van der Waals surface area contributed by atoms with E-state index in [1.165, 1.54) is 0 Å². The van der Waals surface area contributed by atoms with E-state index in [-0.39, 0.29) is 12.5 Å². The molecule has 0 spiro atoms. The first-order valence-corrected chi connectivity index (χ1v) is 7.58. The fourth-order valence-electron chi connectivity index (χ4n) is 2.20. The molecule has 128 valence electrons. The Balaban J connectivity index is 2.57. The van der Waals surface area contributed by atoms with Crippen molar-refractivity contribution in [3.05, 3.63) is 0 Å². The predicted octanol–water partition coefficient (Wildman–Crippen LogP) is 1.37. The van der Waals surface area contributed by atoms with Gasteiger partial charge in [0, 0.05) is 6.54 Å². The number of hydrogen-bond donors (Lipinski definition) is 3. The van der Waals surface area contributed by atoms with Gasteiger partial charge in [0.1, 0.15) is 11.6 Å². The number of ether oxygens (including phenoxy) is 2. The lowest BCUT2D eigenvalue weighted by atomic mass is 9.93. The first-order chi connectivity index (χ1) is 10.0. The van der Waals surface area contributed by atoms with Gasteiger partial charge in [-0.2, -0.15) is 0 Å². The molecular formula is C15H28N2O5. The molecule has 1 amide bonds. The average Bonchev–Trinajstić information content (AvgIpc) is 2.27. The normalized spacial score (nSPS) is 18.5. The van der Waals surface area contributed by atoms with Gasteiger partial charge in [-0.1, -0.05) is 13.8 Å². The Morgan fingerprint density at radius 1 is 1.32 bits per heavy atom. The van der Waals surface area contributed by atoms with Gasteiger partial charge < -0.3 is 19.9 Å². The van der Waals surface area contributed by atoms with E-state index in [1.807, 2.05) is 13.8 Å². The lowest BCUT2D eigenvalue weighted by Crippen LogP contribution is -2.69. The van der Waals surface area contributed by atoms with Crippen LogP contribution in [0.2, 0.25) is 0 Å². The molecule has 1 aliphatic rings. The second-order valence-corrected chi connectivity index (χ2v) is 7.29. The number of rotatable bonds is 7. The number of carboxylic acids is 1. The van der Waals surface area contributed by atoms with Gasteiger partial charge in [-0.25, -0.2) is 4.79 Å². The number of aliphatic carboxylic acids is 1. The van der Waals surface area contributed by atoms with Crippen LogP contribution in [0.3, 0.4) is 0 Å². The van der Waals surface area contributed by atoms with Crippen molar-refractivity contribution in [2.45, 2.75) is 58.2 Å². The van der Waals surface area contributed by atoms with Crippen LogP contribution in [0.1, 0.15) is 41.0 Å². The topological polar surface area (TPSA) is 96.9 Å². The summed E-state index contributed by atoms with van der Waals surface area (Å²) >= 11 is 0. The summed E-state index contributed by atoms with van der Waals surface area (Å²) < 4.78 is 10.4. The SMILES string of the molecule is CC(C)C[C@@H](NC1(CNC(=O)OC(C)(C)C)COC1)C(=O)O. The summed E-state index contributed by atoms with van der Waals surface area (Å²) in [7, 11) is 0. The molecule has 0 aromatic carbocycles. The molecule has 1 atom stereocenters. The van der Waals surface area contributed by atoms with Gasteiger partial charge in [-0.3, -0.25) is 10.1 Å². The maximum Gasteiger partial charge on any atom is 0.407 e. The molecular weight excluding hydrogens is 288 g/mol. The van der Waals surface area contributed by atoms with Gasteiger partial charge in [-0.15, -0.1) is 0 Å². The first kappa shape index (κ1) is 18.7. The van der Waals surface area contributed by atoms with Crippen LogP contribution in [0.5, 0.6) is 0 Å². The minimum atomic E-state index is -0.891. The highest BCUT2D eigenvalue weighted by Crippen LogP contribution is 2.19. The molecule has 1 fully saturated rings. The van der Waals surface area contributed by atoms with E-state index < -0.39 is 29.2 Å². The van der Waals surface area contributed by atoms with Crippen molar-refractivity contribution in [2.24, 2.45) is 5.92 Å². The summed E-state index contributed by atoms with van der Waals surface area (Å²) in [5.74, 6) is -0.636. The third-order valence-corrected chi connectivity index (χ3v) is 3.21. The lowest BCUT2D eigenvalue weighted by Gasteiger charge is -2.44. The van der Waals surface area contributed by atoms with Crippen molar-refractivity contribution in [3.63, 3.8) is 0 Å². The maximum atomic E-state index is 11.7. The number of nitrogens with one attached hydrogen (secondary N) is 2. The third-order valence-electron chi connectivity index (χ3n) is 3.21. The summed E-state index contributed by atoms with van der Waals surface area (Å²) in [6.07, 6.45) is 0.0000759. The summed E-state index contributed by atoms with van der Waals surface area (Å²) in [6.45, 7) is 10.3. The van der Waals surface area contributed by atoms with Gasteiger partial charge in [0.05, 0.1) is 18.8 Å². The fraction of sp³-hybridized carbons (Fsp3) is 0.867. The Labute approximate surface area is 131 Å². The highest BCUT2D eigenvalue weighted by molar-refractivity contribution is 5.73. The Bertz CT molecular complexity index is 399. The standard InChI is InChI=1S/C15H28N2O5/c1-10(2)6-11(12(18)19)17-15(8-21-9-15)7-16-13(20)22-14(3,4)5/h10-11,17H,6-9H2,1-5H3,(H,16,20)(H,18,19)/t11-/m1/s1. The molecule has 0 bridgehead atoms. The van der Waals surface area contributed by atoms with Crippen molar-refractivity contribution < 1.29 is 24.2 Å². The molecule has 3 N–H and O–H groups in total. The third kappa shape index (κ3) is 6.19. The molecule has 0 unspecified atom stereocenters. The number of carbonyl (C=O) groups is 2. The molecule has 0 aromatic rings. The van der Waals surface area contributed by atoms with Gasteiger partial charge in [0.2, 0.25) is 0 Å². The summed E-state index contributed by atoms with van der Waals surface area (Å²) in [5, 5.41) is 15.1. The predicted molar refractivity (Wildman–Crippen MR) is 81.8 cm³/mol. The van der Waals surface area contributed by atoms with Crippen molar-refractivity contribution in [1.82, 2.24) is 10.6 Å². The van der Waals surface area contributed by atoms with E-state index in [0.717, 1.165) is 0 Å². The minimum Gasteiger partial charge on any atom is -0.480 e. The van der Waals surface area contributed by atoms with Crippen LogP contribution < -0.4 is 10.6 Å². The van der Waals surface area contributed by atoms with Crippen LogP contribution in [0.4, 0.5) is 4.79 Å². The smallest absolute Gasteiger partial charge is 0.407 e. The van der Waals surface area contributed by atoms with Gasteiger partial charge >= 0.3 is 12.1 Å². The molecule has 7 heteroatoms. The zero-order valence-corrected chi connectivity index (χ0v) is 14.1. The Kier molecular flexibility index (Phi) is 6.19. The zero-order valence-electron chi connectivity index (χ0n) is 14.1. The van der Waals surface area contributed by atoms with E-state index >= 15 is 0 Å². The molecule has 0 aromatic heterocycles. The van der Waals surface area contributed by atoms with Crippen molar-refractivity contribution >= 4 is 12.1 Å². The van der Waals surface area contributed by atoms with Crippen LogP contribution >= 0.6 is 0 Å². The number of hydrogen-bond acceptors (Lipinski definition) is 5. The zero-order chi connectivity index (χ0) is 17.0. The quantitative estimate of drug-likeness (QED) is 0.656. The van der Waals surface area contributed by atoms with Crippen LogP contribution in [-0.4, -0.2) is 54.1 Å². The van der Waals surface area contributed by atoms with E-state index in [1.54, 1.807) is 20.8 Å².